The lowest BCUT2D eigenvalue weighted by Crippen LogP contribution is -2.66. The molecule has 10 N–H and O–H groups in total. The molecule has 3 fully saturated rings. The van der Waals surface area contributed by atoms with E-state index in [1.54, 1.807) is 6.92 Å². The van der Waals surface area contributed by atoms with Crippen molar-refractivity contribution in [3.8, 4) is 0 Å². The molecule has 1 saturated carbocycles. The van der Waals surface area contributed by atoms with E-state index in [2.05, 4.69) is 22.9 Å². The first-order chi connectivity index (χ1) is 16.9. The fourth-order valence-electron chi connectivity index (χ4n) is 5.04. The second-order valence-electron chi connectivity index (χ2n) is 9.75. The summed E-state index contributed by atoms with van der Waals surface area (Å²) in [6.07, 6.45) is -13.9. The molecule has 2 saturated heterocycles. The maximum absolute atomic E-state index is 11.4. The number of ether oxygens (including phenoxy) is 4. The molecular weight excluding hydrogens is 537 g/mol. The largest absolute Gasteiger partial charge is 0.394 e. The summed E-state index contributed by atoms with van der Waals surface area (Å²) in [5.41, 5.74) is 5.91. The molecule has 3 rings (SSSR count). The average molecular weight is 578 g/mol. The Balaban J connectivity index is 1.80. The first-order valence-electron chi connectivity index (χ1n) is 12.0. The summed E-state index contributed by atoms with van der Waals surface area (Å²) >= 11 is 0. The third-order valence-corrected chi connectivity index (χ3v) is 8.69. The van der Waals surface area contributed by atoms with Crippen LogP contribution >= 0.6 is 25.3 Å². The average Bonchev–Trinajstić information content (AvgIpc) is 2.83. The van der Waals surface area contributed by atoms with Crippen molar-refractivity contribution in [2.75, 3.05) is 6.61 Å². The van der Waals surface area contributed by atoms with Crippen LogP contribution in [0.2, 0.25) is 0 Å². The van der Waals surface area contributed by atoms with Gasteiger partial charge in [-0.1, -0.05) is 31.7 Å². The summed E-state index contributed by atoms with van der Waals surface area (Å²) in [5, 5.41) is 75.8. The van der Waals surface area contributed by atoms with Gasteiger partial charge in [-0.05, 0) is 26.2 Å². The molecule has 3 aliphatic rings. The topological polar surface area (TPSA) is 217 Å². The Bertz CT molecular complexity index is 699. The van der Waals surface area contributed by atoms with Crippen molar-refractivity contribution in [2.24, 2.45) is 11.7 Å². The number of nitrogens with one attached hydrogen (secondary N) is 1. The maximum atomic E-state index is 11.4. The zero-order chi connectivity index (χ0) is 26.9. The van der Waals surface area contributed by atoms with Gasteiger partial charge < -0.3 is 60.4 Å². The molecule has 2 heterocycles. The van der Waals surface area contributed by atoms with Crippen molar-refractivity contribution >= 4 is 25.3 Å². The maximum Gasteiger partial charge on any atom is 0.186 e. The van der Waals surface area contributed by atoms with Crippen LogP contribution in [0.3, 0.4) is 0 Å². The fraction of sp³-hybridized carbons (Fsp3) is 1.00. The smallest absolute Gasteiger partial charge is 0.186 e. The van der Waals surface area contributed by atoms with Crippen molar-refractivity contribution in [1.29, 1.82) is 0 Å². The van der Waals surface area contributed by atoms with Crippen molar-refractivity contribution < 1.29 is 54.7 Å². The van der Waals surface area contributed by atoms with Crippen LogP contribution in [0.1, 0.15) is 26.7 Å². The van der Waals surface area contributed by atoms with Crippen LogP contribution in [0.5, 0.6) is 0 Å². The number of aliphatic hydroxyl groups is 7. The van der Waals surface area contributed by atoms with Crippen LogP contribution in [-0.4, -0.2) is 128 Å². The monoisotopic (exact) mass is 578 g/mol. The second-order valence-corrected chi connectivity index (χ2v) is 16.0. The second kappa shape index (κ2) is 13.4. The minimum Gasteiger partial charge on any atom is -0.394 e. The molecule has 0 spiro atoms. The quantitative estimate of drug-likeness (QED) is 0.132. The van der Waals surface area contributed by atoms with E-state index in [0.29, 0.717) is 12.8 Å². The Morgan fingerprint density at radius 3 is 2.03 bits per heavy atom. The van der Waals surface area contributed by atoms with Crippen LogP contribution in [0.15, 0.2) is 0 Å². The standard InChI is InChI=1S/C20H41N2O11P3/c1-3-8-12(25)14(27)15(28)20(30-8)32-17-6(2)4-7(22-36(34)35)18(16(17)29)33-19-13(26)10(21)11(24)9(5-23)31-19/h6-20,22-29H,3-5,21,34-35H2,1-2H3. The van der Waals surface area contributed by atoms with Crippen molar-refractivity contribution in [3.05, 3.63) is 0 Å². The number of aliphatic hydroxyl groups excluding tert-OH is 7. The first-order valence-corrected chi connectivity index (χ1v) is 16.6. The van der Waals surface area contributed by atoms with Gasteiger partial charge in [0.2, 0.25) is 0 Å². The summed E-state index contributed by atoms with van der Waals surface area (Å²) < 4.78 is 23.3. The lowest BCUT2D eigenvalue weighted by Gasteiger charge is -2.49. The summed E-state index contributed by atoms with van der Waals surface area (Å²) in [6.45, 7) is 3.06. The molecule has 17 unspecified atom stereocenters. The molecule has 16 heteroatoms. The van der Waals surface area contributed by atoms with E-state index in [9.17, 15) is 35.7 Å². The van der Waals surface area contributed by atoms with E-state index < -0.39 is 99.8 Å². The highest BCUT2D eigenvalue weighted by atomic mass is 32.4. The third kappa shape index (κ3) is 6.73. The van der Waals surface area contributed by atoms with Gasteiger partial charge in [-0.25, -0.2) is 0 Å². The molecule has 0 amide bonds. The van der Waals surface area contributed by atoms with E-state index in [1.807, 2.05) is 6.92 Å². The molecule has 0 bridgehead atoms. The van der Waals surface area contributed by atoms with Gasteiger partial charge in [0.1, 0.15) is 48.8 Å². The van der Waals surface area contributed by atoms with Crippen LogP contribution in [0.25, 0.3) is 0 Å². The summed E-state index contributed by atoms with van der Waals surface area (Å²) in [7, 11) is 4.46. The molecule has 0 aromatic carbocycles. The molecule has 0 radical (unpaired) electrons. The Hall–Kier alpha value is 0.770. The van der Waals surface area contributed by atoms with Gasteiger partial charge in [-0.3, -0.25) is 5.09 Å². The van der Waals surface area contributed by atoms with Gasteiger partial charge in [0.05, 0.1) is 24.9 Å². The zero-order valence-corrected chi connectivity index (χ0v) is 23.4. The molecule has 36 heavy (non-hydrogen) atoms. The molecular formula is C20H41N2O11P3. The molecule has 2 aliphatic heterocycles. The highest BCUT2D eigenvalue weighted by Crippen LogP contribution is 2.50. The minimum atomic E-state index is -1.54. The lowest BCUT2D eigenvalue weighted by atomic mass is 9.80. The lowest BCUT2D eigenvalue weighted by molar-refractivity contribution is -0.336. The first kappa shape index (κ1) is 31.3. The molecule has 0 aromatic rings. The highest BCUT2D eigenvalue weighted by Gasteiger charge is 2.52. The van der Waals surface area contributed by atoms with Gasteiger partial charge in [-0.2, -0.15) is 0 Å². The Labute approximate surface area is 216 Å². The Kier molecular flexibility index (Phi) is 11.7. The van der Waals surface area contributed by atoms with E-state index in [-0.39, 0.29) is 5.92 Å². The van der Waals surface area contributed by atoms with Crippen molar-refractivity contribution in [2.45, 2.75) is 112 Å². The third-order valence-electron chi connectivity index (χ3n) is 7.16. The van der Waals surface area contributed by atoms with E-state index in [4.69, 9.17) is 24.7 Å². The summed E-state index contributed by atoms with van der Waals surface area (Å²) in [4.78, 5) is 0. The minimum absolute atomic E-state index is 0.256. The van der Waals surface area contributed by atoms with Gasteiger partial charge in [0, 0.05) is 6.04 Å². The molecule has 212 valence electrons. The van der Waals surface area contributed by atoms with Gasteiger partial charge in [0.15, 0.2) is 12.6 Å². The van der Waals surface area contributed by atoms with Crippen molar-refractivity contribution in [3.63, 3.8) is 0 Å². The Morgan fingerprint density at radius 1 is 0.861 bits per heavy atom. The molecule has 0 aromatic heterocycles. The number of rotatable bonds is 8. The van der Waals surface area contributed by atoms with E-state index in [1.165, 1.54) is 0 Å². The fourth-order valence-corrected chi connectivity index (χ4v) is 6.83. The van der Waals surface area contributed by atoms with Crippen LogP contribution < -0.4 is 10.8 Å². The normalized spacial score (nSPS) is 50.4. The van der Waals surface area contributed by atoms with E-state index in [0.717, 1.165) is 0 Å². The summed E-state index contributed by atoms with van der Waals surface area (Å²) in [5.74, 6) is -0.256. The van der Waals surface area contributed by atoms with Crippen LogP contribution in [0, 0.1) is 5.92 Å². The van der Waals surface area contributed by atoms with Crippen LogP contribution in [-0.2, 0) is 18.9 Å². The molecule has 1 aliphatic carbocycles. The van der Waals surface area contributed by atoms with E-state index >= 15 is 0 Å². The van der Waals surface area contributed by atoms with Gasteiger partial charge in [-0.15, -0.1) is 0 Å². The number of hydrogen-bond donors (Lipinski definition) is 9. The number of nitrogens with two attached hydrogens (primary N) is 1. The zero-order valence-electron chi connectivity index (χ0n) is 20.2. The number of hydrogen-bond acceptors (Lipinski definition) is 13. The summed E-state index contributed by atoms with van der Waals surface area (Å²) in [6, 6.07) is -1.56. The van der Waals surface area contributed by atoms with Crippen molar-refractivity contribution in [1.82, 2.24) is 5.09 Å². The molecule has 13 nitrogen and oxygen atoms in total. The predicted molar refractivity (Wildman–Crippen MR) is 136 cm³/mol. The predicted octanol–water partition coefficient (Wildman–Crippen LogP) is -2.92. The van der Waals surface area contributed by atoms with Crippen LogP contribution in [0.4, 0.5) is 0 Å². The Morgan fingerprint density at radius 2 is 1.44 bits per heavy atom. The molecule has 17 atom stereocenters. The van der Waals surface area contributed by atoms with Gasteiger partial charge >= 0.3 is 0 Å². The SMILES string of the molecule is CCC1OC(OC2C(C)CC(NP(P)P)C(OC3OC(CO)C(O)C(N)C3O)C2O)C(O)C(O)C1O. The van der Waals surface area contributed by atoms with Gasteiger partial charge in [0.25, 0.3) is 0 Å². The highest BCUT2D eigenvalue weighted by molar-refractivity contribution is 8.42.